The maximum atomic E-state index is 11.8. The average molecular weight is 263 g/mol. The molecule has 2 aromatic rings. The van der Waals surface area contributed by atoms with E-state index in [4.69, 9.17) is 16.3 Å². The van der Waals surface area contributed by atoms with Crippen molar-refractivity contribution in [3.05, 3.63) is 65.2 Å². The number of aliphatic hydroxyl groups is 1. The molecule has 0 amide bonds. The Morgan fingerprint density at radius 1 is 1.06 bits per heavy atom. The van der Waals surface area contributed by atoms with Gasteiger partial charge in [0.25, 0.3) is 6.29 Å². The summed E-state index contributed by atoms with van der Waals surface area (Å²) in [5.74, 6) is -0.230. The van der Waals surface area contributed by atoms with Crippen molar-refractivity contribution in [2.75, 3.05) is 0 Å². The molecule has 0 spiro atoms. The fraction of sp³-hybridized carbons (Fsp3) is 0.0714. The summed E-state index contributed by atoms with van der Waals surface area (Å²) in [4.78, 5) is 11.8. The number of para-hydroxylation sites is 1. The molecule has 2 aromatic carbocycles. The molecule has 1 unspecified atom stereocenters. The summed E-state index contributed by atoms with van der Waals surface area (Å²) in [6, 6.07) is 15.1. The molecule has 92 valence electrons. The van der Waals surface area contributed by atoms with Crippen LogP contribution in [-0.2, 0) is 0 Å². The van der Waals surface area contributed by atoms with E-state index >= 15 is 0 Å². The molecule has 0 radical (unpaired) electrons. The van der Waals surface area contributed by atoms with Crippen molar-refractivity contribution < 1.29 is 14.6 Å². The summed E-state index contributed by atoms with van der Waals surface area (Å²) in [5.41, 5.74) is 0.386. The van der Waals surface area contributed by atoms with Crippen LogP contribution < -0.4 is 4.74 Å². The fourth-order valence-corrected chi connectivity index (χ4v) is 1.64. The van der Waals surface area contributed by atoms with Crippen LogP contribution in [0, 0.1) is 0 Å². The normalized spacial score (nSPS) is 11.9. The van der Waals surface area contributed by atoms with Gasteiger partial charge in [0.1, 0.15) is 5.75 Å². The van der Waals surface area contributed by atoms with Crippen molar-refractivity contribution in [3.8, 4) is 5.75 Å². The summed E-state index contributed by atoms with van der Waals surface area (Å²) in [6.45, 7) is 0. The van der Waals surface area contributed by atoms with Crippen LogP contribution in [0.3, 0.4) is 0 Å². The van der Waals surface area contributed by atoms with Gasteiger partial charge in [-0.3, -0.25) is 4.79 Å². The molecule has 0 bridgehead atoms. The molecule has 2 rings (SSSR count). The Hall–Kier alpha value is -1.84. The quantitative estimate of drug-likeness (QED) is 0.681. The standard InChI is InChI=1S/C14H11ClO3/c15-11-8-4-5-9-12(11)18-14(17)13(16)10-6-2-1-3-7-10/h1-9,14,17H. The molecule has 4 heteroatoms. The smallest absolute Gasteiger partial charge is 0.262 e. The van der Waals surface area contributed by atoms with Gasteiger partial charge in [0.05, 0.1) is 5.02 Å². The molecule has 0 aromatic heterocycles. The van der Waals surface area contributed by atoms with Crippen LogP contribution in [0.25, 0.3) is 0 Å². The molecular weight excluding hydrogens is 252 g/mol. The number of ether oxygens (including phenoxy) is 1. The average Bonchev–Trinajstić information content (AvgIpc) is 2.41. The van der Waals surface area contributed by atoms with E-state index in [1.165, 1.54) is 0 Å². The van der Waals surface area contributed by atoms with E-state index in [2.05, 4.69) is 0 Å². The second-order valence-electron chi connectivity index (χ2n) is 3.63. The van der Waals surface area contributed by atoms with Gasteiger partial charge in [0.15, 0.2) is 0 Å². The van der Waals surface area contributed by atoms with E-state index in [1.54, 1.807) is 54.6 Å². The Balaban J connectivity index is 2.11. The molecule has 18 heavy (non-hydrogen) atoms. The second-order valence-corrected chi connectivity index (χ2v) is 4.04. The number of aliphatic hydroxyl groups excluding tert-OH is 1. The number of carbonyl (C=O) groups is 1. The summed E-state index contributed by atoms with van der Waals surface area (Å²) in [5, 5.41) is 10.1. The fourth-order valence-electron chi connectivity index (χ4n) is 1.46. The SMILES string of the molecule is O=C(c1ccccc1)C(O)Oc1ccccc1Cl. The minimum absolute atomic E-state index is 0.274. The molecule has 0 aliphatic carbocycles. The number of hydrogen-bond acceptors (Lipinski definition) is 3. The van der Waals surface area contributed by atoms with Crippen molar-refractivity contribution in [1.29, 1.82) is 0 Å². The lowest BCUT2D eigenvalue weighted by Crippen LogP contribution is -2.26. The van der Waals surface area contributed by atoms with Crippen LogP contribution in [0.15, 0.2) is 54.6 Å². The van der Waals surface area contributed by atoms with E-state index in [9.17, 15) is 9.90 Å². The molecule has 3 nitrogen and oxygen atoms in total. The lowest BCUT2D eigenvalue weighted by molar-refractivity contribution is -0.00288. The molecule has 1 atom stereocenters. The van der Waals surface area contributed by atoms with E-state index < -0.39 is 12.1 Å². The summed E-state index contributed by atoms with van der Waals surface area (Å²) in [6.07, 6.45) is -1.56. The van der Waals surface area contributed by atoms with E-state index in [-0.39, 0.29) is 5.75 Å². The Kier molecular flexibility index (Phi) is 3.97. The molecule has 0 saturated carbocycles. The molecule has 0 saturated heterocycles. The van der Waals surface area contributed by atoms with Crippen LogP contribution >= 0.6 is 11.6 Å². The van der Waals surface area contributed by atoms with Crippen molar-refractivity contribution in [1.82, 2.24) is 0 Å². The molecule has 0 aliphatic heterocycles. The molecule has 0 fully saturated rings. The number of carbonyl (C=O) groups excluding carboxylic acids is 1. The number of hydrogen-bond donors (Lipinski definition) is 1. The first-order valence-corrected chi connectivity index (χ1v) is 5.75. The first kappa shape index (κ1) is 12.6. The first-order valence-electron chi connectivity index (χ1n) is 5.37. The maximum Gasteiger partial charge on any atom is 0.262 e. The van der Waals surface area contributed by atoms with Gasteiger partial charge in [-0.2, -0.15) is 0 Å². The van der Waals surface area contributed by atoms with Gasteiger partial charge >= 0.3 is 0 Å². The lowest BCUT2D eigenvalue weighted by Gasteiger charge is -2.13. The number of rotatable bonds is 4. The van der Waals surface area contributed by atoms with Crippen LogP contribution in [0.4, 0.5) is 0 Å². The van der Waals surface area contributed by atoms with Crippen molar-refractivity contribution >= 4 is 17.4 Å². The molecule has 0 aliphatic rings. The lowest BCUT2D eigenvalue weighted by atomic mass is 10.1. The Bertz CT molecular complexity index is 540. The van der Waals surface area contributed by atoms with Gasteiger partial charge in [-0.25, -0.2) is 0 Å². The van der Waals surface area contributed by atoms with Gasteiger partial charge in [0.2, 0.25) is 5.78 Å². The monoisotopic (exact) mass is 262 g/mol. The number of benzene rings is 2. The van der Waals surface area contributed by atoms with Gasteiger partial charge in [-0.1, -0.05) is 54.1 Å². The second kappa shape index (κ2) is 5.67. The highest BCUT2D eigenvalue weighted by atomic mass is 35.5. The number of ketones is 1. The van der Waals surface area contributed by atoms with Gasteiger partial charge in [0, 0.05) is 5.56 Å². The predicted octanol–water partition coefficient (Wildman–Crippen LogP) is 2.92. The summed E-state index contributed by atoms with van der Waals surface area (Å²) >= 11 is 5.87. The summed E-state index contributed by atoms with van der Waals surface area (Å²) in [7, 11) is 0. The Labute approximate surface area is 110 Å². The maximum absolute atomic E-state index is 11.8. The van der Waals surface area contributed by atoms with Gasteiger partial charge < -0.3 is 9.84 Å². The minimum atomic E-state index is -1.56. The highest BCUT2D eigenvalue weighted by molar-refractivity contribution is 6.32. The molecular formula is C14H11ClO3. The topological polar surface area (TPSA) is 46.5 Å². The van der Waals surface area contributed by atoms with Crippen molar-refractivity contribution in [2.45, 2.75) is 6.29 Å². The van der Waals surface area contributed by atoms with Crippen LogP contribution in [0.2, 0.25) is 5.02 Å². The third-order valence-electron chi connectivity index (χ3n) is 2.36. The molecule has 1 N–H and O–H groups in total. The van der Waals surface area contributed by atoms with Crippen LogP contribution in [0.5, 0.6) is 5.75 Å². The highest BCUT2D eigenvalue weighted by Gasteiger charge is 2.19. The van der Waals surface area contributed by atoms with Crippen LogP contribution in [0.1, 0.15) is 10.4 Å². The zero-order valence-electron chi connectivity index (χ0n) is 9.42. The molecule has 0 heterocycles. The third kappa shape index (κ3) is 2.88. The van der Waals surface area contributed by atoms with E-state index in [1.807, 2.05) is 0 Å². The Morgan fingerprint density at radius 2 is 1.67 bits per heavy atom. The van der Waals surface area contributed by atoms with Crippen molar-refractivity contribution in [2.24, 2.45) is 0 Å². The third-order valence-corrected chi connectivity index (χ3v) is 2.67. The zero-order valence-corrected chi connectivity index (χ0v) is 10.2. The van der Waals surface area contributed by atoms with Gasteiger partial charge in [-0.15, -0.1) is 0 Å². The number of Topliss-reactive ketones (excluding diaryl/α,β-unsaturated/α-hetero) is 1. The zero-order chi connectivity index (χ0) is 13.0. The van der Waals surface area contributed by atoms with E-state index in [0.29, 0.717) is 10.6 Å². The van der Waals surface area contributed by atoms with Crippen LogP contribution in [-0.4, -0.2) is 17.2 Å². The predicted molar refractivity (Wildman–Crippen MR) is 68.9 cm³/mol. The highest BCUT2D eigenvalue weighted by Crippen LogP contribution is 2.24. The van der Waals surface area contributed by atoms with Crippen molar-refractivity contribution in [3.63, 3.8) is 0 Å². The van der Waals surface area contributed by atoms with Gasteiger partial charge in [-0.05, 0) is 12.1 Å². The largest absolute Gasteiger partial charge is 0.456 e. The first-order chi connectivity index (χ1) is 8.68. The Morgan fingerprint density at radius 3 is 2.33 bits per heavy atom. The minimum Gasteiger partial charge on any atom is -0.456 e. The van der Waals surface area contributed by atoms with E-state index in [0.717, 1.165) is 0 Å². The summed E-state index contributed by atoms with van der Waals surface area (Å²) < 4.78 is 5.14. The number of halogens is 1.